The molecule has 0 spiro atoms. The number of hydrogen-bond donors (Lipinski definition) is 3. The number of nitrogens with one attached hydrogen (secondary N) is 1. The highest BCUT2D eigenvalue weighted by atomic mass is 16.5. The van der Waals surface area contributed by atoms with Crippen LogP contribution in [0.15, 0.2) is 24.3 Å². The molecular weight excluding hydrogens is 244 g/mol. The van der Waals surface area contributed by atoms with Crippen LogP contribution in [-0.2, 0) is 0 Å². The van der Waals surface area contributed by atoms with Crippen LogP contribution < -0.4 is 21.7 Å². The molecule has 6 heteroatoms. The Hall–Kier alpha value is -1.63. The van der Waals surface area contributed by atoms with Crippen LogP contribution in [0.3, 0.4) is 0 Å². The molecular formula is C13H20N4O2. The van der Waals surface area contributed by atoms with Gasteiger partial charge in [-0.05, 0) is 25.1 Å². The van der Waals surface area contributed by atoms with Crippen molar-refractivity contribution in [2.24, 2.45) is 11.6 Å². The smallest absolute Gasteiger partial charge is 0.268 e. The number of ether oxygens (including phenoxy) is 1. The zero-order valence-electron chi connectivity index (χ0n) is 10.8. The summed E-state index contributed by atoms with van der Waals surface area (Å²) in [6, 6.07) is 7.32. The first-order chi connectivity index (χ1) is 9.20. The number of benzene rings is 1. The minimum Gasteiger partial charge on any atom is -0.491 e. The van der Waals surface area contributed by atoms with E-state index in [1.807, 2.05) is 6.07 Å². The Morgan fingerprint density at radius 3 is 2.95 bits per heavy atom. The summed E-state index contributed by atoms with van der Waals surface area (Å²) in [4.78, 5) is 13.8. The zero-order valence-corrected chi connectivity index (χ0v) is 10.8. The number of hydrogen-bond acceptors (Lipinski definition) is 5. The van der Waals surface area contributed by atoms with Crippen molar-refractivity contribution >= 4 is 5.91 Å². The number of nitrogens with two attached hydrogens (primary N) is 2. The van der Waals surface area contributed by atoms with Gasteiger partial charge in [0.2, 0.25) is 0 Å². The zero-order chi connectivity index (χ0) is 13.7. The first-order valence-corrected chi connectivity index (χ1v) is 6.41. The Morgan fingerprint density at radius 2 is 2.26 bits per heavy atom. The monoisotopic (exact) mass is 264 g/mol. The molecule has 0 aliphatic carbocycles. The molecule has 6 nitrogen and oxygen atoms in total. The molecule has 1 amide bonds. The quantitative estimate of drug-likeness (QED) is 0.386. The number of rotatable bonds is 5. The summed E-state index contributed by atoms with van der Waals surface area (Å²) in [6.45, 7) is 3.26. The standard InChI is InChI=1S/C13H20N4O2/c14-10-5-6-17(9-10)7-8-19-12-4-2-1-3-11(12)13(18)16-15/h1-4,10H,5-9,14-15H2,(H,16,18). The summed E-state index contributed by atoms with van der Waals surface area (Å²) in [5.74, 6) is 5.34. The van der Waals surface area contributed by atoms with Gasteiger partial charge in [-0.2, -0.15) is 0 Å². The van der Waals surface area contributed by atoms with Gasteiger partial charge in [-0.15, -0.1) is 0 Å². The van der Waals surface area contributed by atoms with E-state index < -0.39 is 0 Å². The molecule has 1 aliphatic rings. The molecule has 1 aliphatic heterocycles. The molecule has 1 aromatic carbocycles. The van der Waals surface area contributed by atoms with Gasteiger partial charge in [-0.1, -0.05) is 12.1 Å². The van der Waals surface area contributed by atoms with Crippen molar-refractivity contribution < 1.29 is 9.53 Å². The fourth-order valence-electron chi connectivity index (χ4n) is 2.21. The summed E-state index contributed by atoms with van der Waals surface area (Å²) in [5, 5.41) is 0. The van der Waals surface area contributed by atoms with E-state index in [4.69, 9.17) is 16.3 Å². The van der Waals surface area contributed by atoms with Crippen molar-refractivity contribution in [3.8, 4) is 5.75 Å². The Morgan fingerprint density at radius 1 is 1.47 bits per heavy atom. The normalized spacial score (nSPS) is 19.4. The summed E-state index contributed by atoms with van der Waals surface area (Å²) in [7, 11) is 0. The molecule has 0 bridgehead atoms. The maximum absolute atomic E-state index is 11.6. The number of para-hydroxylation sites is 1. The Labute approximate surface area is 112 Å². The van der Waals surface area contributed by atoms with Crippen LogP contribution in [0.25, 0.3) is 0 Å². The predicted molar refractivity (Wildman–Crippen MR) is 72.6 cm³/mol. The van der Waals surface area contributed by atoms with Crippen LogP contribution >= 0.6 is 0 Å². The summed E-state index contributed by atoms with van der Waals surface area (Å²) < 4.78 is 5.66. The van der Waals surface area contributed by atoms with Crippen LogP contribution in [0.2, 0.25) is 0 Å². The Kier molecular flexibility index (Phi) is 4.73. The highest BCUT2D eigenvalue weighted by molar-refractivity contribution is 5.96. The lowest BCUT2D eigenvalue weighted by Crippen LogP contribution is -2.31. The lowest BCUT2D eigenvalue weighted by Gasteiger charge is -2.16. The highest BCUT2D eigenvalue weighted by Gasteiger charge is 2.18. The molecule has 1 unspecified atom stereocenters. The van der Waals surface area contributed by atoms with Gasteiger partial charge in [-0.25, -0.2) is 5.84 Å². The molecule has 0 aromatic heterocycles. The van der Waals surface area contributed by atoms with Crippen molar-refractivity contribution in [2.75, 3.05) is 26.2 Å². The lowest BCUT2D eigenvalue weighted by molar-refractivity contribution is 0.0949. The first kappa shape index (κ1) is 13.8. The maximum atomic E-state index is 11.6. The molecule has 19 heavy (non-hydrogen) atoms. The molecule has 1 aromatic rings. The van der Waals surface area contributed by atoms with Gasteiger partial charge in [0.1, 0.15) is 12.4 Å². The van der Waals surface area contributed by atoms with E-state index in [9.17, 15) is 4.79 Å². The molecule has 1 heterocycles. The third-order valence-corrected chi connectivity index (χ3v) is 3.24. The number of likely N-dealkylation sites (tertiary alicyclic amines) is 1. The lowest BCUT2D eigenvalue weighted by atomic mass is 10.2. The van der Waals surface area contributed by atoms with Gasteiger partial charge in [0.15, 0.2) is 0 Å². The SMILES string of the molecule is NNC(=O)c1ccccc1OCCN1CCC(N)C1. The second-order valence-electron chi connectivity index (χ2n) is 4.67. The fourth-order valence-corrected chi connectivity index (χ4v) is 2.21. The van der Waals surface area contributed by atoms with Gasteiger partial charge < -0.3 is 10.5 Å². The first-order valence-electron chi connectivity index (χ1n) is 6.41. The van der Waals surface area contributed by atoms with Crippen molar-refractivity contribution in [1.82, 2.24) is 10.3 Å². The number of nitrogens with zero attached hydrogens (tertiary/aromatic N) is 1. The average Bonchev–Trinajstić information content (AvgIpc) is 2.84. The molecule has 0 saturated carbocycles. The van der Waals surface area contributed by atoms with Crippen LogP contribution in [0.5, 0.6) is 5.75 Å². The predicted octanol–water partition coefficient (Wildman–Crippen LogP) is -0.298. The van der Waals surface area contributed by atoms with Crippen molar-refractivity contribution in [2.45, 2.75) is 12.5 Å². The van der Waals surface area contributed by atoms with Crippen LogP contribution in [0.4, 0.5) is 0 Å². The van der Waals surface area contributed by atoms with E-state index in [0.29, 0.717) is 17.9 Å². The van der Waals surface area contributed by atoms with Crippen molar-refractivity contribution in [1.29, 1.82) is 0 Å². The summed E-state index contributed by atoms with van der Waals surface area (Å²) in [6.07, 6.45) is 1.03. The average molecular weight is 264 g/mol. The van der Waals surface area contributed by atoms with E-state index in [1.54, 1.807) is 18.2 Å². The summed E-state index contributed by atoms with van der Waals surface area (Å²) >= 11 is 0. The highest BCUT2D eigenvalue weighted by Crippen LogP contribution is 2.17. The number of carbonyl (C=O) groups excluding carboxylic acids is 1. The van der Waals surface area contributed by atoms with Crippen molar-refractivity contribution in [3.63, 3.8) is 0 Å². The van der Waals surface area contributed by atoms with E-state index in [0.717, 1.165) is 26.1 Å². The van der Waals surface area contributed by atoms with Gasteiger partial charge >= 0.3 is 0 Å². The van der Waals surface area contributed by atoms with E-state index >= 15 is 0 Å². The summed E-state index contributed by atoms with van der Waals surface area (Å²) in [5.41, 5.74) is 8.40. The van der Waals surface area contributed by atoms with Crippen LogP contribution in [-0.4, -0.2) is 43.1 Å². The third kappa shape index (κ3) is 3.66. The molecule has 1 atom stereocenters. The number of carbonyl (C=O) groups is 1. The van der Waals surface area contributed by atoms with Gasteiger partial charge in [-0.3, -0.25) is 15.1 Å². The third-order valence-electron chi connectivity index (χ3n) is 3.24. The molecule has 5 N–H and O–H groups in total. The molecule has 0 radical (unpaired) electrons. The molecule has 2 rings (SSSR count). The number of amides is 1. The largest absolute Gasteiger partial charge is 0.491 e. The second-order valence-corrected chi connectivity index (χ2v) is 4.67. The minimum atomic E-state index is -0.348. The molecule has 1 saturated heterocycles. The van der Waals surface area contributed by atoms with Gasteiger partial charge in [0.05, 0.1) is 5.56 Å². The Bertz CT molecular complexity index is 438. The van der Waals surface area contributed by atoms with Crippen molar-refractivity contribution in [3.05, 3.63) is 29.8 Å². The van der Waals surface area contributed by atoms with Gasteiger partial charge in [0.25, 0.3) is 5.91 Å². The fraction of sp³-hybridized carbons (Fsp3) is 0.462. The van der Waals surface area contributed by atoms with E-state index in [2.05, 4.69) is 10.3 Å². The Balaban J connectivity index is 1.87. The van der Waals surface area contributed by atoms with Gasteiger partial charge in [0, 0.05) is 19.1 Å². The van der Waals surface area contributed by atoms with Crippen LogP contribution in [0.1, 0.15) is 16.8 Å². The van der Waals surface area contributed by atoms with E-state index in [1.165, 1.54) is 0 Å². The van der Waals surface area contributed by atoms with Crippen LogP contribution in [0, 0.1) is 0 Å². The second kappa shape index (κ2) is 6.51. The minimum absolute atomic E-state index is 0.273. The van der Waals surface area contributed by atoms with E-state index in [-0.39, 0.29) is 11.9 Å². The number of hydrazine groups is 1. The maximum Gasteiger partial charge on any atom is 0.268 e. The topological polar surface area (TPSA) is 93.6 Å². The molecule has 104 valence electrons. The number of nitrogen functional groups attached to an aromatic ring is 1. The molecule has 1 fully saturated rings.